The quantitative estimate of drug-likeness (QED) is 0.921. The molecule has 0 bridgehead atoms. The van der Waals surface area contributed by atoms with Crippen molar-refractivity contribution in [2.45, 2.75) is 13.0 Å². The zero-order valence-electron chi connectivity index (χ0n) is 9.91. The van der Waals surface area contributed by atoms with Crippen molar-refractivity contribution in [1.29, 1.82) is 0 Å². The van der Waals surface area contributed by atoms with Crippen LogP contribution in [-0.4, -0.2) is 20.9 Å². The van der Waals surface area contributed by atoms with Gasteiger partial charge in [0.1, 0.15) is 0 Å². The predicted molar refractivity (Wildman–Crippen MR) is 70.4 cm³/mol. The predicted octanol–water partition coefficient (Wildman–Crippen LogP) is 1.57. The number of hydrogen-bond donors (Lipinski definition) is 1. The van der Waals surface area contributed by atoms with Crippen LogP contribution in [0, 0.1) is 0 Å². The van der Waals surface area contributed by atoms with E-state index in [9.17, 15) is 9.59 Å². The number of carboxylic acid groups (broad SMARTS) is 1. The van der Waals surface area contributed by atoms with Crippen LogP contribution in [0.3, 0.4) is 0 Å². The highest BCUT2D eigenvalue weighted by atomic mass is 35.5. The first-order valence-electron chi connectivity index (χ1n) is 5.58. The summed E-state index contributed by atoms with van der Waals surface area (Å²) in [7, 11) is 0. The van der Waals surface area contributed by atoms with Crippen LogP contribution in [-0.2, 0) is 17.8 Å². The third-order valence-corrected chi connectivity index (χ3v) is 2.92. The molecule has 2 aromatic rings. The van der Waals surface area contributed by atoms with Crippen molar-refractivity contribution in [3.63, 3.8) is 0 Å². The summed E-state index contributed by atoms with van der Waals surface area (Å²) in [6, 6.07) is 9.31. The van der Waals surface area contributed by atoms with Crippen LogP contribution in [0.1, 0.15) is 11.1 Å². The lowest BCUT2D eigenvalue weighted by Crippen LogP contribution is -2.28. The minimum absolute atomic E-state index is 0.0556. The third-order valence-electron chi connectivity index (χ3n) is 2.59. The van der Waals surface area contributed by atoms with Gasteiger partial charge in [-0.25, -0.2) is 4.68 Å². The summed E-state index contributed by atoms with van der Waals surface area (Å²) in [5, 5.41) is 12.8. The molecule has 19 heavy (non-hydrogen) atoms. The average molecular weight is 279 g/mol. The highest BCUT2D eigenvalue weighted by molar-refractivity contribution is 6.31. The number of rotatable bonds is 4. The summed E-state index contributed by atoms with van der Waals surface area (Å²) >= 11 is 5.81. The van der Waals surface area contributed by atoms with E-state index in [1.807, 2.05) is 30.3 Å². The maximum atomic E-state index is 12.1. The maximum absolute atomic E-state index is 12.1. The van der Waals surface area contributed by atoms with Gasteiger partial charge < -0.3 is 5.11 Å². The molecular formula is C13H11ClN2O3. The molecule has 0 atom stereocenters. The highest BCUT2D eigenvalue weighted by Crippen LogP contribution is 2.10. The number of benzene rings is 1. The Hall–Kier alpha value is -2.14. The van der Waals surface area contributed by atoms with Crippen LogP contribution < -0.4 is 5.56 Å². The lowest BCUT2D eigenvalue weighted by Gasteiger charge is -2.07. The van der Waals surface area contributed by atoms with E-state index in [1.165, 1.54) is 10.9 Å². The van der Waals surface area contributed by atoms with Crippen LogP contribution in [0.4, 0.5) is 0 Å². The summed E-state index contributed by atoms with van der Waals surface area (Å²) in [5.41, 5.74) is 0.486. The molecule has 1 N–H and O–H groups in total. The Morgan fingerprint density at radius 2 is 2.00 bits per heavy atom. The second-order valence-corrected chi connectivity index (χ2v) is 4.40. The van der Waals surface area contributed by atoms with Gasteiger partial charge in [0.15, 0.2) is 0 Å². The van der Waals surface area contributed by atoms with Gasteiger partial charge in [-0.15, -0.1) is 0 Å². The molecule has 0 saturated carbocycles. The summed E-state index contributed by atoms with van der Waals surface area (Å²) in [4.78, 5) is 22.8. The molecule has 0 saturated heterocycles. The molecule has 0 aliphatic carbocycles. The number of aromatic nitrogens is 2. The first-order valence-corrected chi connectivity index (χ1v) is 5.96. The van der Waals surface area contributed by atoms with Gasteiger partial charge in [0.05, 0.1) is 29.7 Å². The highest BCUT2D eigenvalue weighted by Gasteiger charge is 2.13. The summed E-state index contributed by atoms with van der Waals surface area (Å²) < 4.78 is 1.21. The van der Waals surface area contributed by atoms with Gasteiger partial charge in [0, 0.05) is 0 Å². The third kappa shape index (κ3) is 3.20. The Kier molecular flexibility index (Phi) is 3.97. The van der Waals surface area contributed by atoms with Crippen molar-refractivity contribution in [1.82, 2.24) is 9.78 Å². The van der Waals surface area contributed by atoms with Gasteiger partial charge in [-0.2, -0.15) is 5.10 Å². The number of halogens is 1. The Balaban J connectivity index is 2.37. The number of hydrogen-bond acceptors (Lipinski definition) is 3. The van der Waals surface area contributed by atoms with Crippen LogP contribution >= 0.6 is 11.6 Å². The van der Waals surface area contributed by atoms with Crippen molar-refractivity contribution in [2.24, 2.45) is 0 Å². The number of aliphatic carboxylic acids is 1. The van der Waals surface area contributed by atoms with E-state index in [0.717, 1.165) is 5.56 Å². The first kappa shape index (κ1) is 13.3. The van der Waals surface area contributed by atoms with Gasteiger partial charge in [0.25, 0.3) is 5.56 Å². The second-order valence-electron chi connectivity index (χ2n) is 3.99. The fourth-order valence-electron chi connectivity index (χ4n) is 1.69. The second kappa shape index (κ2) is 5.67. The molecule has 5 nitrogen and oxygen atoms in total. The molecule has 98 valence electrons. The van der Waals surface area contributed by atoms with Gasteiger partial charge >= 0.3 is 5.97 Å². The van der Waals surface area contributed by atoms with Crippen LogP contribution in [0.5, 0.6) is 0 Å². The molecule has 6 heteroatoms. The minimum atomic E-state index is -1.10. The molecule has 0 aliphatic heterocycles. The van der Waals surface area contributed by atoms with Gasteiger partial charge in [-0.05, 0) is 5.56 Å². The van der Waals surface area contributed by atoms with E-state index in [2.05, 4.69) is 5.10 Å². The first-order chi connectivity index (χ1) is 9.08. The Labute approximate surface area is 114 Å². The molecule has 1 heterocycles. The Bertz CT molecular complexity index is 653. The van der Waals surface area contributed by atoms with Crippen molar-refractivity contribution in [3.05, 3.63) is 63.0 Å². The van der Waals surface area contributed by atoms with Crippen molar-refractivity contribution < 1.29 is 9.90 Å². The summed E-state index contributed by atoms with van der Waals surface area (Å²) in [5.74, 6) is -1.10. The maximum Gasteiger partial charge on any atom is 0.308 e. The van der Waals surface area contributed by atoms with Gasteiger partial charge in [-0.3, -0.25) is 9.59 Å². The topological polar surface area (TPSA) is 72.2 Å². The van der Waals surface area contributed by atoms with E-state index in [0.29, 0.717) is 0 Å². The Morgan fingerprint density at radius 3 is 2.63 bits per heavy atom. The molecule has 0 fully saturated rings. The Morgan fingerprint density at radius 1 is 1.32 bits per heavy atom. The van der Waals surface area contributed by atoms with Crippen LogP contribution in [0.2, 0.25) is 5.02 Å². The molecule has 1 aromatic heterocycles. The van der Waals surface area contributed by atoms with E-state index in [1.54, 1.807) is 0 Å². The van der Waals surface area contributed by atoms with Crippen molar-refractivity contribution in [3.8, 4) is 0 Å². The zero-order chi connectivity index (χ0) is 13.8. The smallest absolute Gasteiger partial charge is 0.308 e. The summed E-state index contributed by atoms with van der Waals surface area (Å²) in [6.45, 7) is 0.281. The average Bonchev–Trinajstić information content (AvgIpc) is 2.39. The van der Waals surface area contributed by atoms with Crippen LogP contribution in [0.25, 0.3) is 0 Å². The fourth-order valence-corrected chi connectivity index (χ4v) is 1.88. The van der Waals surface area contributed by atoms with E-state index in [-0.39, 0.29) is 17.1 Å². The van der Waals surface area contributed by atoms with Crippen molar-refractivity contribution >= 4 is 17.6 Å². The monoisotopic (exact) mass is 278 g/mol. The standard InChI is InChI=1S/C13H11ClN2O3/c14-11-7-15-16(8-9-4-2-1-3-5-9)13(19)10(11)6-12(17)18/h1-5,7H,6,8H2,(H,17,18). The lowest BCUT2D eigenvalue weighted by atomic mass is 10.2. The van der Waals surface area contributed by atoms with E-state index < -0.39 is 17.9 Å². The largest absolute Gasteiger partial charge is 0.481 e. The lowest BCUT2D eigenvalue weighted by molar-refractivity contribution is -0.136. The molecular weight excluding hydrogens is 268 g/mol. The SMILES string of the molecule is O=C(O)Cc1c(Cl)cnn(Cc2ccccc2)c1=O. The molecule has 0 amide bonds. The van der Waals surface area contributed by atoms with E-state index in [4.69, 9.17) is 16.7 Å². The fraction of sp³-hybridized carbons (Fsp3) is 0.154. The van der Waals surface area contributed by atoms with Gasteiger partial charge in [0.2, 0.25) is 0 Å². The number of carbonyl (C=O) groups is 1. The number of nitrogens with zero attached hydrogens (tertiary/aromatic N) is 2. The van der Waals surface area contributed by atoms with Gasteiger partial charge in [-0.1, -0.05) is 41.9 Å². The van der Waals surface area contributed by atoms with E-state index >= 15 is 0 Å². The zero-order valence-corrected chi connectivity index (χ0v) is 10.7. The molecule has 2 rings (SSSR count). The normalized spacial score (nSPS) is 10.4. The number of carboxylic acids is 1. The van der Waals surface area contributed by atoms with Crippen LogP contribution in [0.15, 0.2) is 41.3 Å². The summed E-state index contributed by atoms with van der Waals surface area (Å²) in [6.07, 6.45) is 0.888. The molecule has 0 unspecified atom stereocenters. The minimum Gasteiger partial charge on any atom is -0.481 e. The van der Waals surface area contributed by atoms with Crippen molar-refractivity contribution in [2.75, 3.05) is 0 Å². The molecule has 0 radical (unpaired) electrons. The molecule has 1 aromatic carbocycles. The molecule has 0 aliphatic rings. The molecule has 0 spiro atoms.